The molecule has 110 valence electrons. The van der Waals surface area contributed by atoms with Gasteiger partial charge in [0.05, 0.1) is 0 Å². The molecule has 0 nitrogen and oxygen atoms in total. The normalized spacial score (nSPS) is 50.2. The van der Waals surface area contributed by atoms with Crippen LogP contribution in [0.3, 0.4) is 0 Å². The molecule has 0 aromatic heterocycles. The van der Waals surface area contributed by atoms with Crippen LogP contribution in [0.25, 0.3) is 0 Å². The summed E-state index contributed by atoms with van der Waals surface area (Å²) in [6, 6.07) is 0. The summed E-state index contributed by atoms with van der Waals surface area (Å²) < 4.78 is 2.15. The van der Waals surface area contributed by atoms with Crippen LogP contribution in [0.4, 0.5) is 0 Å². The average Bonchev–Trinajstić information content (AvgIpc) is 2.97. The molecule has 0 aliphatic heterocycles. The van der Waals surface area contributed by atoms with Crippen LogP contribution >= 0.6 is 0 Å². The third-order valence-electron chi connectivity index (χ3n) is 6.32. The van der Waals surface area contributed by atoms with E-state index in [1.165, 1.54) is 12.8 Å². The van der Waals surface area contributed by atoms with Crippen molar-refractivity contribution in [3.8, 4) is 0 Å². The first-order valence-electron chi connectivity index (χ1n) is 8.70. The average molecular weight is 358 g/mol. The van der Waals surface area contributed by atoms with E-state index < -0.39 is 0 Å². The number of fused-ring (bicyclic) bond motifs is 2. The minimum atomic E-state index is -0.363. The fraction of sp³-hybridized carbons (Fsp3) is 0.600. The Morgan fingerprint density at radius 3 is 1.57 bits per heavy atom. The van der Waals surface area contributed by atoms with Crippen molar-refractivity contribution in [3.05, 3.63) is 48.6 Å². The number of allylic oxidation sites excluding steroid dienone is 8. The third kappa shape index (κ3) is 2.54. The van der Waals surface area contributed by atoms with Crippen molar-refractivity contribution in [1.82, 2.24) is 0 Å². The Labute approximate surface area is 141 Å². The van der Waals surface area contributed by atoms with Gasteiger partial charge < -0.3 is 0 Å². The van der Waals surface area contributed by atoms with E-state index in [2.05, 4.69) is 62.5 Å². The van der Waals surface area contributed by atoms with Crippen LogP contribution in [0, 0.1) is 35.5 Å². The summed E-state index contributed by atoms with van der Waals surface area (Å²) in [5, 5.41) is 0. The van der Waals surface area contributed by atoms with Gasteiger partial charge in [-0.05, 0) is 0 Å². The van der Waals surface area contributed by atoms with Crippen LogP contribution in [0.2, 0.25) is 7.25 Å². The van der Waals surface area contributed by atoms with Gasteiger partial charge >= 0.3 is 141 Å². The van der Waals surface area contributed by atoms with E-state index >= 15 is 0 Å². The number of hydrogen-bond acceptors (Lipinski definition) is 0. The maximum absolute atomic E-state index is 2.55. The molecule has 4 aliphatic rings. The van der Waals surface area contributed by atoms with E-state index in [0.29, 0.717) is 0 Å². The molecule has 1 heteroatoms. The van der Waals surface area contributed by atoms with Crippen LogP contribution in [0.1, 0.15) is 26.7 Å². The molecule has 0 saturated heterocycles. The standard InChI is InChI=1S/2C10H13.Zr/c2*1-8-6-9-4-2-3-5-10(9)7-8;/h2*2-6,8-10H,7H2,1H3;. The topological polar surface area (TPSA) is 0 Å². The molecule has 0 amide bonds. The SMILES string of the molecule is CC1CC2C=CC=CC2[CH]1[Zr][CH]1C(C)CC2C=CC=CC21. The van der Waals surface area contributed by atoms with Gasteiger partial charge in [0.1, 0.15) is 0 Å². The summed E-state index contributed by atoms with van der Waals surface area (Å²) in [6.45, 7) is 5.08. The molecule has 0 aromatic rings. The van der Waals surface area contributed by atoms with Crippen molar-refractivity contribution in [3.63, 3.8) is 0 Å². The minimum absolute atomic E-state index is 0.363. The fourth-order valence-corrected chi connectivity index (χ4v) is 11.5. The van der Waals surface area contributed by atoms with Crippen molar-refractivity contribution in [2.75, 3.05) is 0 Å². The van der Waals surface area contributed by atoms with Gasteiger partial charge in [0, 0.05) is 0 Å². The van der Waals surface area contributed by atoms with Crippen molar-refractivity contribution in [2.24, 2.45) is 35.5 Å². The summed E-state index contributed by atoms with van der Waals surface area (Å²) in [5.41, 5.74) is 0. The van der Waals surface area contributed by atoms with Gasteiger partial charge in [-0.15, -0.1) is 0 Å². The predicted octanol–water partition coefficient (Wildman–Crippen LogP) is 5.44. The zero-order valence-corrected chi connectivity index (χ0v) is 15.6. The molecule has 4 aliphatic carbocycles. The number of hydrogen-bond donors (Lipinski definition) is 0. The second-order valence-corrected chi connectivity index (χ2v) is 11.8. The van der Waals surface area contributed by atoms with E-state index in [9.17, 15) is 0 Å². The molecule has 0 N–H and O–H groups in total. The second-order valence-electron chi connectivity index (χ2n) is 7.67. The monoisotopic (exact) mass is 356 g/mol. The maximum atomic E-state index is 2.55. The fourth-order valence-electron chi connectivity index (χ4n) is 5.27. The Hall–Kier alpha value is -0.157. The molecular weight excluding hydrogens is 331 g/mol. The molecule has 2 saturated carbocycles. The van der Waals surface area contributed by atoms with E-state index in [0.717, 1.165) is 42.8 Å². The summed E-state index contributed by atoms with van der Waals surface area (Å²) in [4.78, 5) is 0. The summed E-state index contributed by atoms with van der Waals surface area (Å²) in [6.07, 6.45) is 22.2. The molecule has 8 unspecified atom stereocenters. The molecule has 8 atom stereocenters. The van der Waals surface area contributed by atoms with Crippen molar-refractivity contribution in [2.45, 2.75) is 33.9 Å². The zero-order valence-electron chi connectivity index (χ0n) is 13.2. The van der Waals surface area contributed by atoms with Gasteiger partial charge in [-0.3, -0.25) is 0 Å². The molecule has 0 aromatic carbocycles. The van der Waals surface area contributed by atoms with Crippen LogP contribution in [-0.2, 0) is 23.2 Å². The van der Waals surface area contributed by atoms with Gasteiger partial charge in [0.15, 0.2) is 0 Å². The van der Waals surface area contributed by atoms with Crippen LogP contribution in [0.5, 0.6) is 0 Å². The van der Waals surface area contributed by atoms with E-state index in [1.54, 1.807) is 0 Å². The summed E-state index contributed by atoms with van der Waals surface area (Å²) >= 11 is -0.363. The molecule has 4 rings (SSSR count). The van der Waals surface area contributed by atoms with Crippen LogP contribution < -0.4 is 0 Å². The molecule has 0 bridgehead atoms. The van der Waals surface area contributed by atoms with Gasteiger partial charge in [-0.1, -0.05) is 0 Å². The number of rotatable bonds is 2. The van der Waals surface area contributed by atoms with Crippen LogP contribution in [0.15, 0.2) is 48.6 Å². The molecule has 0 heterocycles. The molecular formula is C20H26Zr. The first-order valence-corrected chi connectivity index (χ1v) is 11.5. The van der Waals surface area contributed by atoms with Gasteiger partial charge in [-0.2, -0.15) is 0 Å². The van der Waals surface area contributed by atoms with Crippen molar-refractivity contribution < 1.29 is 23.2 Å². The molecule has 0 radical (unpaired) electrons. The third-order valence-corrected chi connectivity index (χ3v) is 12.9. The van der Waals surface area contributed by atoms with Crippen LogP contribution in [-0.4, -0.2) is 0 Å². The molecule has 21 heavy (non-hydrogen) atoms. The predicted molar refractivity (Wildman–Crippen MR) is 85.6 cm³/mol. The Morgan fingerprint density at radius 2 is 1.10 bits per heavy atom. The van der Waals surface area contributed by atoms with Gasteiger partial charge in [-0.25, -0.2) is 0 Å². The molecule has 2 fully saturated rings. The van der Waals surface area contributed by atoms with E-state index in [4.69, 9.17) is 0 Å². The first kappa shape index (κ1) is 14.4. The summed E-state index contributed by atoms with van der Waals surface area (Å²) in [7, 11) is 0. The van der Waals surface area contributed by atoms with E-state index in [-0.39, 0.29) is 23.2 Å². The van der Waals surface area contributed by atoms with Gasteiger partial charge in [0.2, 0.25) is 0 Å². The second kappa shape index (κ2) is 5.80. The van der Waals surface area contributed by atoms with Crippen molar-refractivity contribution >= 4 is 0 Å². The van der Waals surface area contributed by atoms with E-state index in [1.807, 2.05) is 0 Å². The Bertz CT molecular complexity index is 466. The first-order chi connectivity index (χ1) is 10.2. The Kier molecular flexibility index (Phi) is 3.99. The zero-order chi connectivity index (χ0) is 14.4. The quantitative estimate of drug-likeness (QED) is 0.617. The summed E-state index contributed by atoms with van der Waals surface area (Å²) in [5.74, 6) is 5.45. The molecule has 0 spiro atoms. The Balaban J connectivity index is 1.53. The van der Waals surface area contributed by atoms with Gasteiger partial charge in [0.25, 0.3) is 0 Å². The Morgan fingerprint density at radius 1 is 0.667 bits per heavy atom. The van der Waals surface area contributed by atoms with Crippen molar-refractivity contribution in [1.29, 1.82) is 0 Å².